The third-order valence-electron chi connectivity index (χ3n) is 6.73. The molecule has 5 nitrogen and oxygen atoms in total. The van der Waals surface area contributed by atoms with Crippen LogP contribution in [0.4, 0.5) is 4.39 Å². The fraction of sp³-hybridized carbons (Fsp3) is 0.565. The molecular weight excluding hydrogens is 369 g/mol. The predicted molar refractivity (Wildman–Crippen MR) is 111 cm³/mol. The van der Waals surface area contributed by atoms with Gasteiger partial charge >= 0.3 is 0 Å². The number of hydrogen-bond donors (Lipinski definition) is 1. The third-order valence-corrected chi connectivity index (χ3v) is 6.73. The fourth-order valence-corrected chi connectivity index (χ4v) is 5.13. The van der Waals surface area contributed by atoms with Crippen molar-refractivity contribution in [2.45, 2.75) is 70.5 Å². The van der Waals surface area contributed by atoms with E-state index >= 15 is 0 Å². The lowest BCUT2D eigenvalue weighted by atomic mass is 9.83. The summed E-state index contributed by atoms with van der Waals surface area (Å²) in [4.78, 5) is 27.1. The van der Waals surface area contributed by atoms with Crippen molar-refractivity contribution in [2.75, 3.05) is 6.54 Å². The lowest BCUT2D eigenvalue weighted by Gasteiger charge is -2.32. The molecule has 1 aromatic carbocycles. The van der Waals surface area contributed by atoms with Crippen molar-refractivity contribution < 1.29 is 14.0 Å². The van der Waals surface area contributed by atoms with Gasteiger partial charge in [-0.05, 0) is 56.7 Å². The van der Waals surface area contributed by atoms with E-state index in [1.165, 1.54) is 25.5 Å². The molecule has 29 heavy (non-hydrogen) atoms. The first-order valence-corrected chi connectivity index (χ1v) is 10.8. The summed E-state index contributed by atoms with van der Waals surface area (Å²) in [6, 6.07) is 4.18. The highest BCUT2D eigenvalue weighted by Gasteiger charge is 2.35. The van der Waals surface area contributed by atoms with Gasteiger partial charge in [-0.15, -0.1) is 0 Å². The zero-order valence-corrected chi connectivity index (χ0v) is 17.1. The van der Waals surface area contributed by atoms with E-state index < -0.39 is 6.04 Å². The zero-order chi connectivity index (χ0) is 20.5. The number of carbonyl (C=O) groups is 2. The second-order valence-corrected chi connectivity index (χ2v) is 8.66. The van der Waals surface area contributed by atoms with E-state index in [9.17, 15) is 14.0 Å². The minimum absolute atomic E-state index is 0.0533. The highest BCUT2D eigenvalue weighted by molar-refractivity contribution is 6.07. The number of rotatable bonds is 5. The van der Waals surface area contributed by atoms with Gasteiger partial charge in [0.2, 0.25) is 5.91 Å². The molecule has 0 bridgehead atoms. The highest BCUT2D eigenvalue weighted by atomic mass is 19.1. The number of carbonyl (C=O) groups excluding carboxylic acids is 2. The maximum atomic E-state index is 13.7. The van der Waals surface area contributed by atoms with E-state index in [0.29, 0.717) is 17.5 Å². The second-order valence-electron chi connectivity index (χ2n) is 8.66. The summed E-state index contributed by atoms with van der Waals surface area (Å²) < 4.78 is 15.7. The number of amides is 1. The van der Waals surface area contributed by atoms with Gasteiger partial charge in [-0.25, -0.2) is 4.39 Å². The Hall–Kier alpha value is -2.21. The Kier molecular flexibility index (Phi) is 5.72. The topological polar surface area (TPSA) is 68.3 Å². The second kappa shape index (κ2) is 8.27. The zero-order valence-electron chi connectivity index (χ0n) is 17.1. The standard InChI is InChI=1S/C23H30FN3O2/c1-15(28)20-14-26(21-10-9-17(24)12-19(20)21)13-18-8-5-11-27(18)23(29)22(25)16-6-3-2-4-7-16/h9-10,12,14,16,18,22H,2-8,11,13,25H2,1H3/t18-,22-/m0/s1. The number of Topliss-reactive ketones (excluding diaryl/α,β-unsaturated/α-hetero) is 1. The number of hydrogen-bond acceptors (Lipinski definition) is 3. The first-order valence-electron chi connectivity index (χ1n) is 10.8. The first-order chi connectivity index (χ1) is 14.0. The first kappa shape index (κ1) is 20.1. The molecule has 1 amide bonds. The molecule has 1 aliphatic carbocycles. The van der Waals surface area contributed by atoms with Crippen LogP contribution in [0.3, 0.4) is 0 Å². The molecule has 2 fully saturated rings. The van der Waals surface area contributed by atoms with Crippen molar-refractivity contribution in [1.29, 1.82) is 0 Å². The minimum Gasteiger partial charge on any atom is -0.345 e. The monoisotopic (exact) mass is 399 g/mol. The van der Waals surface area contributed by atoms with Gasteiger partial charge in [-0.3, -0.25) is 9.59 Å². The van der Waals surface area contributed by atoms with E-state index in [2.05, 4.69) is 0 Å². The number of fused-ring (bicyclic) bond motifs is 1. The number of halogens is 1. The smallest absolute Gasteiger partial charge is 0.240 e. The Labute approximate surface area is 171 Å². The minimum atomic E-state index is -0.417. The number of likely N-dealkylation sites (tertiary alicyclic amines) is 1. The lowest BCUT2D eigenvalue weighted by Crippen LogP contribution is -2.50. The number of nitrogens with zero attached hydrogens (tertiary/aromatic N) is 2. The summed E-state index contributed by atoms with van der Waals surface area (Å²) in [6.07, 6.45) is 9.32. The van der Waals surface area contributed by atoms with Crippen molar-refractivity contribution in [3.8, 4) is 0 Å². The maximum absolute atomic E-state index is 13.7. The third kappa shape index (κ3) is 3.95. The summed E-state index contributed by atoms with van der Waals surface area (Å²) in [7, 11) is 0. The van der Waals surface area contributed by atoms with Crippen LogP contribution >= 0.6 is 0 Å². The van der Waals surface area contributed by atoms with Crippen LogP contribution < -0.4 is 5.73 Å². The lowest BCUT2D eigenvalue weighted by molar-refractivity contribution is -0.135. The molecule has 0 radical (unpaired) electrons. The number of nitrogens with two attached hydrogens (primary N) is 1. The predicted octanol–water partition coefficient (Wildman–Crippen LogP) is 3.88. The van der Waals surface area contributed by atoms with Crippen molar-refractivity contribution in [2.24, 2.45) is 11.7 Å². The Morgan fingerprint density at radius 1 is 1.17 bits per heavy atom. The molecule has 1 aliphatic heterocycles. The summed E-state index contributed by atoms with van der Waals surface area (Å²) in [6.45, 7) is 2.83. The van der Waals surface area contributed by atoms with Crippen LogP contribution in [0.15, 0.2) is 24.4 Å². The van der Waals surface area contributed by atoms with Gasteiger partial charge in [0.15, 0.2) is 5.78 Å². The van der Waals surface area contributed by atoms with Crippen molar-refractivity contribution in [3.05, 3.63) is 35.8 Å². The van der Waals surface area contributed by atoms with E-state index in [4.69, 9.17) is 5.73 Å². The molecule has 2 atom stereocenters. The quantitative estimate of drug-likeness (QED) is 0.776. The molecule has 1 aromatic heterocycles. The van der Waals surface area contributed by atoms with Crippen LogP contribution in [0.25, 0.3) is 10.9 Å². The number of benzene rings is 1. The summed E-state index contributed by atoms with van der Waals surface area (Å²) >= 11 is 0. The highest BCUT2D eigenvalue weighted by Crippen LogP contribution is 2.30. The molecule has 4 rings (SSSR count). The molecule has 1 saturated carbocycles. The van der Waals surface area contributed by atoms with E-state index in [1.54, 1.807) is 12.3 Å². The average molecular weight is 400 g/mol. The molecule has 2 heterocycles. The van der Waals surface area contributed by atoms with Gasteiger partial charge in [-0.2, -0.15) is 0 Å². The summed E-state index contributed by atoms with van der Waals surface area (Å²) in [5.74, 6) is -0.0854. The van der Waals surface area contributed by atoms with Crippen molar-refractivity contribution in [3.63, 3.8) is 0 Å². The molecule has 2 aliphatic rings. The van der Waals surface area contributed by atoms with Gasteiger partial charge in [0.05, 0.1) is 6.04 Å². The van der Waals surface area contributed by atoms with Crippen molar-refractivity contribution >= 4 is 22.6 Å². The van der Waals surface area contributed by atoms with Crippen LogP contribution in [0.2, 0.25) is 0 Å². The van der Waals surface area contributed by atoms with Crippen molar-refractivity contribution in [1.82, 2.24) is 9.47 Å². The van der Waals surface area contributed by atoms with Crippen LogP contribution in [-0.2, 0) is 11.3 Å². The summed E-state index contributed by atoms with van der Waals surface area (Å²) in [5, 5.41) is 0.632. The average Bonchev–Trinajstić information content (AvgIpc) is 3.32. The fourth-order valence-electron chi connectivity index (χ4n) is 5.13. The van der Waals surface area contributed by atoms with Gasteiger partial charge in [-0.1, -0.05) is 19.3 Å². The Morgan fingerprint density at radius 2 is 1.93 bits per heavy atom. The van der Waals surface area contributed by atoms with E-state index in [1.807, 2.05) is 9.47 Å². The molecule has 2 aromatic rings. The van der Waals surface area contributed by atoms with E-state index in [-0.39, 0.29) is 29.5 Å². The Balaban J connectivity index is 1.55. The molecule has 6 heteroatoms. The summed E-state index contributed by atoms with van der Waals surface area (Å²) in [5.41, 5.74) is 7.74. The molecule has 2 N–H and O–H groups in total. The maximum Gasteiger partial charge on any atom is 0.240 e. The van der Waals surface area contributed by atoms with Gasteiger partial charge in [0.1, 0.15) is 5.82 Å². The molecule has 0 spiro atoms. The molecular formula is C23H30FN3O2. The van der Waals surface area contributed by atoms with Gasteiger partial charge < -0.3 is 15.2 Å². The molecule has 1 saturated heterocycles. The Bertz CT molecular complexity index is 916. The van der Waals surface area contributed by atoms with Gasteiger partial charge in [0.25, 0.3) is 0 Å². The van der Waals surface area contributed by atoms with E-state index in [0.717, 1.165) is 50.6 Å². The van der Waals surface area contributed by atoms with Crippen LogP contribution in [-0.4, -0.2) is 39.8 Å². The Morgan fingerprint density at radius 3 is 2.66 bits per heavy atom. The number of ketones is 1. The number of aromatic nitrogens is 1. The normalized spacial score (nSPS) is 21.6. The molecule has 156 valence electrons. The van der Waals surface area contributed by atoms with Crippen LogP contribution in [0.5, 0.6) is 0 Å². The van der Waals surface area contributed by atoms with Gasteiger partial charge in [0, 0.05) is 41.8 Å². The van der Waals surface area contributed by atoms with Crippen LogP contribution in [0, 0.1) is 11.7 Å². The van der Waals surface area contributed by atoms with Crippen LogP contribution in [0.1, 0.15) is 62.2 Å². The SMILES string of the molecule is CC(=O)c1cn(C[C@@H]2CCCN2C(=O)[C@@H](N)C2CCCCC2)c2ccc(F)cc12. The molecule has 0 unspecified atom stereocenters. The largest absolute Gasteiger partial charge is 0.345 e.